The molecule has 6 aromatic rings. The number of carbonyl (C=O) groups excluding carboxylic acids is 2. The highest BCUT2D eigenvalue weighted by atomic mass is 35.5. The third-order valence-corrected chi connectivity index (χ3v) is 16.5. The Labute approximate surface area is 405 Å². The number of aliphatic hydroxyl groups excluding tert-OH is 1. The lowest BCUT2D eigenvalue weighted by Crippen LogP contribution is -2.48. The van der Waals surface area contributed by atoms with E-state index in [1.807, 2.05) is 69.6 Å². The van der Waals surface area contributed by atoms with Gasteiger partial charge in [-0.05, 0) is 137 Å². The third kappa shape index (κ3) is 8.55. The number of hydrogen-bond acceptors (Lipinski definition) is 11. The Kier molecular flexibility index (Phi) is 12.6. The fraction of sp³-hybridized carbons (Fsp3) is 0.472. The summed E-state index contributed by atoms with van der Waals surface area (Å²) in [5.41, 5.74) is 8.50. The van der Waals surface area contributed by atoms with Gasteiger partial charge in [0.05, 0.1) is 55.3 Å². The second kappa shape index (κ2) is 18.5. The quantitative estimate of drug-likeness (QED) is 0.128. The molecule has 2 amide bonds. The van der Waals surface area contributed by atoms with Crippen LogP contribution in [0.4, 0.5) is 0 Å². The molecule has 1 aliphatic carbocycles. The molecule has 3 aromatic heterocycles. The number of nitrogens with one attached hydrogen (secondary N) is 1. The molecular weight excluding hydrogens is 898 g/mol. The summed E-state index contributed by atoms with van der Waals surface area (Å²) >= 11 is 8.13. The Balaban J connectivity index is 0.731. The number of aromatic nitrogens is 4. The molecule has 1 saturated carbocycles. The highest BCUT2D eigenvalue weighted by Crippen LogP contribution is 2.45. The van der Waals surface area contributed by atoms with Gasteiger partial charge in [-0.3, -0.25) is 19.0 Å². The van der Waals surface area contributed by atoms with Crippen LogP contribution in [0.5, 0.6) is 5.88 Å². The number of hydrogen-bond donors (Lipinski definition) is 2. The molecule has 0 radical (unpaired) electrons. The summed E-state index contributed by atoms with van der Waals surface area (Å²) in [6.45, 7) is 14.2. The van der Waals surface area contributed by atoms with E-state index in [-0.39, 0.29) is 48.4 Å². The second-order valence-corrected chi connectivity index (χ2v) is 21.5. The van der Waals surface area contributed by atoms with Gasteiger partial charge < -0.3 is 29.5 Å². The number of amides is 2. The van der Waals surface area contributed by atoms with Crippen LogP contribution in [0.15, 0.2) is 81.6 Å². The van der Waals surface area contributed by atoms with E-state index < -0.39 is 23.5 Å². The molecule has 356 valence electrons. The monoisotopic (exact) mass is 957 g/mol. The molecule has 3 fully saturated rings. The minimum atomic E-state index is -0.821. The van der Waals surface area contributed by atoms with Crippen LogP contribution in [0.1, 0.15) is 131 Å². The maximum Gasteiger partial charge on any atom is 0.282 e. The van der Waals surface area contributed by atoms with Crippen LogP contribution in [0.3, 0.4) is 0 Å². The summed E-state index contributed by atoms with van der Waals surface area (Å²) in [6.07, 6.45) is 5.30. The zero-order chi connectivity index (χ0) is 47.6. The van der Waals surface area contributed by atoms with Crippen molar-refractivity contribution in [1.29, 1.82) is 0 Å². The van der Waals surface area contributed by atoms with E-state index in [1.165, 1.54) is 10.5 Å². The Morgan fingerprint density at radius 2 is 1.74 bits per heavy atom. The smallest absolute Gasteiger partial charge is 0.282 e. The van der Waals surface area contributed by atoms with Crippen molar-refractivity contribution in [3.8, 4) is 22.0 Å². The molecule has 15 heteroatoms. The maximum atomic E-state index is 14.3. The number of aliphatic hydroxyl groups is 1. The molecule has 0 bridgehead atoms. The van der Waals surface area contributed by atoms with Gasteiger partial charge in [-0.15, -0.1) is 11.3 Å². The van der Waals surface area contributed by atoms with Crippen LogP contribution >= 0.6 is 22.9 Å². The molecular formula is C53H60ClN7O6S. The molecule has 2 saturated heterocycles. The van der Waals surface area contributed by atoms with Crippen LogP contribution in [-0.4, -0.2) is 90.3 Å². The van der Waals surface area contributed by atoms with E-state index in [2.05, 4.69) is 62.0 Å². The minimum Gasteiger partial charge on any atom is -0.472 e. The van der Waals surface area contributed by atoms with Gasteiger partial charge in [0.25, 0.3) is 11.4 Å². The first-order valence-electron chi connectivity index (χ1n) is 24.2. The summed E-state index contributed by atoms with van der Waals surface area (Å²) in [7, 11) is 0. The van der Waals surface area contributed by atoms with Gasteiger partial charge in [0.2, 0.25) is 11.8 Å². The standard InChI is InChI=1S/C53H60ClN7O6S/c1-29(2)46(51(65)60-27-37(62)25-43(60)49(63)56-30(3)32-10-12-34(13-11-32)48-31(4)55-28-68-48)44-26-45(58-67-44)66-38-17-15-36(16-18-38)59-22-20-33(21-23-59)35-14-19-39-42(24-35)61-41-9-7-8-40(54)47(41)50(64)57-52(61)53(39,5)6/h7-14,19,24,26,28-30,33,36-38,43,46,62H,15-18,20-23,25,27H2,1-6H3,(H,56,63)/t30-,36?,37+,38?,43-,46+/m0/s1. The highest BCUT2D eigenvalue weighted by Gasteiger charge is 2.44. The second-order valence-electron chi connectivity index (χ2n) is 20.3. The Morgan fingerprint density at radius 1 is 0.985 bits per heavy atom. The number of aryl methyl sites for hydroxylation is 1. The van der Waals surface area contributed by atoms with E-state index in [9.17, 15) is 19.5 Å². The lowest BCUT2D eigenvalue weighted by atomic mass is 9.82. The van der Waals surface area contributed by atoms with Crippen LogP contribution in [0.2, 0.25) is 5.02 Å². The van der Waals surface area contributed by atoms with Gasteiger partial charge >= 0.3 is 0 Å². The van der Waals surface area contributed by atoms with Crippen LogP contribution in [-0.2, 0) is 15.0 Å². The zero-order valence-electron chi connectivity index (χ0n) is 39.6. The van der Waals surface area contributed by atoms with E-state index in [0.717, 1.165) is 95.9 Å². The van der Waals surface area contributed by atoms with Gasteiger partial charge in [0.1, 0.15) is 23.9 Å². The predicted molar refractivity (Wildman–Crippen MR) is 264 cm³/mol. The predicted octanol–water partition coefficient (Wildman–Crippen LogP) is 9.25. The van der Waals surface area contributed by atoms with Crippen LogP contribution in [0, 0.1) is 12.8 Å². The highest BCUT2D eigenvalue weighted by molar-refractivity contribution is 7.13. The lowest BCUT2D eigenvalue weighted by Gasteiger charge is -2.40. The number of nitrogens with zero attached hydrogens (tertiary/aromatic N) is 6. The minimum absolute atomic E-state index is 0.0130. The number of ether oxygens (including phenoxy) is 1. The van der Waals surface area contributed by atoms with Gasteiger partial charge in [0.15, 0.2) is 5.76 Å². The van der Waals surface area contributed by atoms with Crippen molar-refractivity contribution in [3.63, 3.8) is 0 Å². The molecule has 4 atom stereocenters. The van der Waals surface area contributed by atoms with Crippen molar-refractivity contribution in [1.82, 2.24) is 34.8 Å². The number of likely N-dealkylation sites (tertiary alicyclic amines) is 2. The number of rotatable bonds is 11. The molecule has 6 heterocycles. The maximum absolute atomic E-state index is 14.3. The van der Waals surface area contributed by atoms with Gasteiger partial charge in [-0.25, -0.2) is 4.98 Å². The SMILES string of the molecule is Cc1ncsc1-c1ccc([C@H](C)NC(=O)[C@@H]2C[C@@H](O)CN2C(=O)[C@@H](c2cc(OC3CCC(N4CCC(c5ccc6c(c5)-n5c(nc(=O)c7c(Cl)cccc75)C6(C)C)CC4)CC3)no2)C(C)C)cc1. The lowest BCUT2D eigenvalue weighted by molar-refractivity contribution is -0.141. The van der Waals surface area contributed by atoms with Crippen molar-refractivity contribution in [2.75, 3.05) is 19.6 Å². The molecule has 4 aliphatic rings. The van der Waals surface area contributed by atoms with Crippen LogP contribution < -0.4 is 15.6 Å². The van der Waals surface area contributed by atoms with Crippen molar-refractivity contribution in [2.24, 2.45) is 5.92 Å². The fourth-order valence-electron chi connectivity index (χ4n) is 11.4. The average Bonchev–Trinajstić information content (AvgIpc) is 4.12. The van der Waals surface area contributed by atoms with E-state index in [1.54, 1.807) is 23.5 Å². The van der Waals surface area contributed by atoms with E-state index >= 15 is 0 Å². The van der Waals surface area contributed by atoms with Crippen molar-refractivity contribution < 1.29 is 24.0 Å². The molecule has 10 rings (SSSR count). The fourth-order valence-corrected chi connectivity index (χ4v) is 12.5. The van der Waals surface area contributed by atoms with Crippen molar-refractivity contribution in [3.05, 3.63) is 122 Å². The molecule has 0 unspecified atom stereocenters. The molecule has 2 N–H and O–H groups in total. The molecule has 68 heavy (non-hydrogen) atoms. The van der Waals surface area contributed by atoms with Gasteiger partial charge in [-0.1, -0.05) is 67.9 Å². The van der Waals surface area contributed by atoms with E-state index in [0.29, 0.717) is 34.0 Å². The topological polar surface area (TPSA) is 156 Å². The largest absolute Gasteiger partial charge is 0.472 e. The van der Waals surface area contributed by atoms with Gasteiger partial charge in [0, 0.05) is 25.1 Å². The number of carbonyl (C=O) groups is 2. The number of piperidine rings is 1. The van der Waals surface area contributed by atoms with Gasteiger partial charge in [-0.2, -0.15) is 4.98 Å². The first-order chi connectivity index (χ1) is 32.7. The number of benzene rings is 3. The zero-order valence-corrected chi connectivity index (χ0v) is 41.1. The van der Waals surface area contributed by atoms with Crippen LogP contribution in [0.25, 0.3) is 27.0 Å². The summed E-state index contributed by atoms with van der Waals surface area (Å²) < 4.78 is 14.4. The van der Waals surface area contributed by atoms with Crippen molar-refractivity contribution in [2.45, 2.75) is 134 Å². The third-order valence-electron chi connectivity index (χ3n) is 15.2. The number of thiazole rings is 1. The normalized spacial score (nSPS) is 22.6. The average molecular weight is 959 g/mol. The number of β-amino-alcohol motifs (C(OH)–C–C–N with tert-alkyl or cyclic N) is 1. The molecule has 13 nitrogen and oxygen atoms in total. The number of halogens is 1. The Hall–Kier alpha value is -5.41. The number of fused-ring (bicyclic) bond motifs is 5. The summed E-state index contributed by atoms with van der Waals surface area (Å²) in [5, 5.41) is 19.0. The first-order valence-corrected chi connectivity index (χ1v) is 25.4. The summed E-state index contributed by atoms with van der Waals surface area (Å²) in [6, 6.07) is 21.6. The molecule has 3 aromatic carbocycles. The molecule has 0 spiro atoms. The first kappa shape index (κ1) is 46.3. The van der Waals surface area contributed by atoms with E-state index in [4.69, 9.17) is 20.9 Å². The van der Waals surface area contributed by atoms with Crippen molar-refractivity contribution >= 4 is 45.7 Å². The Bertz CT molecular complexity index is 2910. The molecule has 3 aliphatic heterocycles. The summed E-state index contributed by atoms with van der Waals surface area (Å²) in [5.74, 6) is 0.484. The summed E-state index contributed by atoms with van der Waals surface area (Å²) in [4.78, 5) is 55.4. The Morgan fingerprint density at radius 3 is 2.44 bits per heavy atom.